The summed E-state index contributed by atoms with van der Waals surface area (Å²) in [5, 5.41) is 3.97. The molecule has 0 bridgehead atoms. The molecule has 2 aromatic carbocycles. The van der Waals surface area contributed by atoms with Crippen molar-refractivity contribution in [1.82, 2.24) is 9.55 Å². The molecule has 6 nitrogen and oxygen atoms in total. The Bertz CT molecular complexity index is 1090. The van der Waals surface area contributed by atoms with Crippen molar-refractivity contribution in [3.63, 3.8) is 0 Å². The highest BCUT2D eigenvalue weighted by atomic mass is 32.2. The maximum atomic E-state index is 12.8. The minimum Gasteiger partial charge on any atom is -0.372 e. The fourth-order valence-electron chi connectivity index (χ4n) is 3.22. The number of para-hydroxylation sites is 1. The van der Waals surface area contributed by atoms with Crippen molar-refractivity contribution < 1.29 is 4.79 Å². The van der Waals surface area contributed by atoms with Crippen LogP contribution in [0.15, 0.2) is 71.1 Å². The molecule has 1 N–H and O–H groups in total. The Morgan fingerprint density at radius 2 is 1.87 bits per heavy atom. The van der Waals surface area contributed by atoms with Crippen LogP contribution in [0.3, 0.4) is 0 Å². The molecule has 0 saturated carbocycles. The second kappa shape index (κ2) is 10.1. The van der Waals surface area contributed by atoms with Crippen molar-refractivity contribution >= 4 is 39.9 Å². The third-order valence-corrected chi connectivity index (χ3v) is 5.73. The van der Waals surface area contributed by atoms with Crippen LogP contribution in [0.25, 0.3) is 10.9 Å². The first-order valence-electron chi connectivity index (χ1n) is 9.95. The number of thioether (sulfide) groups is 1. The number of carbonyl (C=O) groups is 1. The van der Waals surface area contributed by atoms with E-state index in [2.05, 4.69) is 35.6 Å². The fourth-order valence-corrected chi connectivity index (χ4v) is 4.03. The number of hydrogen-bond acceptors (Lipinski definition) is 5. The Balaban J connectivity index is 1.71. The van der Waals surface area contributed by atoms with Crippen molar-refractivity contribution in [2.45, 2.75) is 25.5 Å². The highest BCUT2D eigenvalue weighted by Gasteiger charge is 2.13. The van der Waals surface area contributed by atoms with E-state index >= 15 is 0 Å². The molecule has 1 aromatic heterocycles. The van der Waals surface area contributed by atoms with E-state index in [-0.39, 0.29) is 17.2 Å². The molecular weight excluding hydrogens is 396 g/mol. The maximum absolute atomic E-state index is 12.8. The molecule has 0 unspecified atom stereocenters. The standard InChI is InChI=1S/C23H26N4O2S/c1-4-15-27-22(29)19-9-7-8-10-20(19)25-23(27)30-16-21(28)24-17-11-13-18(14-12-17)26(5-2)6-3/h4,7-14H,1,5-6,15-16H2,2-3H3,(H,24,28). The maximum Gasteiger partial charge on any atom is 0.262 e. The second-order valence-corrected chi connectivity index (χ2v) is 7.61. The summed E-state index contributed by atoms with van der Waals surface area (Å²) in [7, 11) is 0. The number of hydrogen-bond donors (Lipinski definition) is 1. The Morgan fingerprint density at radius 3 is 2.53 bits per heavy atom. The summed E-state index contributed by atoms with van der Waals surface area (Å²) < 4.78 is 1.55. The van der Waals surface area contributed by atoms with Crippen molar-refractivity contribution in [2.24, 2.45) is 0 Å². The van der Waals surface area contributed by atoms with E-state index in [4.69, 9.17) is 0 Å². The van der Waals surface area contributed by atoms with Gasteiger partial charge in [0.05, 0.1) is 16.7 Å². The zero-order valence-electron chi connectivity index (χ0n) is 17.3. The number of anilines is 2. The predicted octanol–water partition coefficient (Wildman–Crippen LogP) is 4.16. The van der Waals surface area contributed by atoms with E-state index in [9.17, 15) is 9.59 Å². The van der Waals surface area contributed by atoms with E-state index in [1.54, 1.807) is 22.8 Å². The second-order valence-electron chi connectivity index (χ2n) is 6.67. The number of benzene rings is 2. The third kappa shape index (κ3) is 4.91. The SMILES string of the molecule is C=CCn1c(SCC(=O)Nc2ccc(N(CC)CC)cc2)nc2ccccc2c1=O. The molecule has 0 aliphatic rings. The monoisotopic (exact) mass is 422 g/mol. The molecule has 156 valence electrons. The molecule has 3 rings (SSSR count). The van der Waals surface area contributed by atoms with Gasteiger partial charge >= 0.3 is 0 Å². The van der Waals surface area contributed by atoms with Gasteiger partial charge in [-0.3, -0.25) is 14.2 Å². The van der Waals surface area contributed by atoms with Crippen LogP contribution in [0, 0.1) is 0 Å². The summed E-state index contributed by atoms with van der Waals surface area (Å²) in [4.78, 5) is 32.0. The van der Waals surface area contributed by atoms with Gasteiger partial charge in [-0.05, 0) is 50.2 Å². The first-order valence-corrected chi connectivity index (χ1v) is 10.9. The molecule has 0 aliphatic heterocycles. The van der Waals surface area contributed by atoms with Crippen LogP contribution in [0.1, 0.15) is 13.8 Å². The van der Waals surface area contributed by atoms with Gasteiger partial charge in [-0.25, -0.2) is 4.98 Å². The summed E-state index contributed by atoms with van der Waals surface area (Å²) in [6.45, 7) is 10.2. The topological polar surface area (TPSA) is 67.2 Å². The van der Waals surface area contributed by atoms with Gasteiger partial charge in [-0.15, -0.1) is 6.58 Å². The first-order chi connectivity index (χ1) is 14.6. The van der Waals surface area contributed by atoms with Crippen LogP contribution in [0.4, 0.5) is 11.4 Å². The van der Waals surface area contributed by atoms with Gasteiger partial charge in [0.1, 0.15) is 0 Å². The molecule has 7 heteroatoms. The van der Waals surface area contributed by atoms with E-state index < -0.39 is 0 Å². The van der Waals surface area contributed by atoms with Crippen LogP contribution < -0.4 is 15.8 Å². The van der Waals surface area contributed by atoms with Crippen molar-refractivity contribution in [1.29, 1.82) is 0 Å². The van der Waals surface area contributed by atoms with Crippen LogP contribution in [-0.4, -0.2) is 34.3 Å². The fraction of sp³-hybridized carbons (Fsp3) is 0.261. The summed E-state index contributed by atoms with van der Waals surface area (Å²) in [5.41, 5.74) is 2.36. The molecule has 1 amide bonds. The van der Waals surface area contributed by atoms with Gasteiger partial charge in [-0.2, -0.15) is 0 Å². The lowest BCUT2D eigenvalue weighted by molar-refractivity contribution is -0.113. The van der Waals surface area contributed by atoms with E-state index in [1.807, 2.05) is 36.4 Å². The Morgan fingerprint density at radius 1 is 1.17 bits per heavy atom. The highest BCUT2D eigenvalue weighted by molar-refractivity contribution is 7.99. The van der Waals surface area contributed by atoms with Gasteiger partial charge in [-0.1, -0.05) is 30.0 Å². The zero-order valence-corrected chi connectivity index (χ0v) is 18.1. The Labute approximate surface area is 180 Å². The molecule has 0 saturated heterocycles. The lowest BCUT2D eigenvalue weighted by atomic mass is 10.2. The van der Waals surface area contributed by atoms with Crippen LogP contribution in [0.5, 0.6) is 0 Å². The minimum absolute atomic E-state index is 0.129. The quantitative estimate of drug-likeness (QED) is 0.319. The largest absolute Gasteiger partial charge is 0.372 e. The number of nitrogens with one attached hydrogen (secondary N) is 1. The molecule has 3 aromatic rings. The van der Waals surface area contributed by atoms with E-state index in [0.29, 0.717) is 22.6 Å². The van der Waals surface area contributed by atoms with Crippen molar-refractivity contribution in [3.05, 3.63) is 71.5 Å². The molecule has 0 aliphatic carbocycles. The lowest BCUT2D eigenvalue weighted by Crippen LogP contribution is -2.24. The average molecular weight is 423 g/mol. The van der Waals surface area contributed by atoms with E-state index in [1.165, 1.54) is 11.8 Å². The van der Waals surface area contributed by atoms with E-state index in [0.717, 1.165) is 24.5 Å². The predicted molar refractivity (Wildman–Crippen MR) is 126 cm³/mol. The number of rotatable bonds is 9. The number of fused-ring (bicyclic) bond motifs is 1. The van der Waals surface area contributed by atoms with Crippen molar-refractivity contribution in [2.75, 3.05) is 29.1 Å². The molecule has 0 atom stereocenters. The summed E-state index contributed by atoms with van der Waals surface area (Å²) in [5.74, 6) is 0.00264. The summed E-state index contributed by atoms with van der Waals surface area (Å²) >= 11 is 1.24. The minimum atomic E-state index is -0.150. The van der Waals surface area contributed by atoms with Gasteiger partial charge < -0.3 is 10.2 Å². The number of amides is 1. The van der Waals surface area contributed by atoms with Gasteiger partial charge in [0.25, 0.3) is 5.56 Å². The molecule has 0 spiro atoms. The van der Waals surface area contributed by atoms with Crippen LogP contribution in [-0.2, 0) is 11.3 Å². The van der Waals surface area contributed by atoms with Gasteiger partial charge in [0, 0.05) is 31.0 Å². The summed E-state index contributed by atoms with van der Waals surface area (Å²) in [6, 6.07) is 15.0. The summed E-state index contributed by atoms with van der Waals surface area (Å²) in [6.07, 6.45) is 1.65. The third-order valence-electron chi connectivity index (χ3n) is 4.75. The molecule has 0 fully saturated rings. The molecule has 30 heavy (non-hydrogen) atoms. The smallest absolute Gasteiger partial charge is 0.262 e. The number of carbonyl (C=O) groups excluding carboxylic acids is 1. The number of aromatic nitrogens is 2. The lowest BCUT2D eigenvalue weighted by Gasteiger charge is -2.21. The van der Waals surface area contributed by atoms with Gasteiger partial charge in [0.15, 0.2) is 5.16 Å². The van der Waals surface area contributed by atoms with Gasteiger partial charge in [0.2, 0.25) is 5.91 Å². The molecule has 1 heterocycles. The van der Waals surface area contributed by atoms with Crippen LogP contribution >= 0.6 is 11.8 Å². The number of allylic oxidation sites excluding steroid dienone is 1. The average Bonchev–Trinajstić information content (AvgIpc) is 2.76. The molecular formula is C23H26N4O2S. The zero-order chi connectivity index (χ0) is 21.5. The number of nitrogens with zero attached hydrogens (tertiary/aromatic N) is 3. The Kier molecular flexibility index (Phi) is 7.30. The van der Waals surface area contributed by atoms with Crippen molar-refractivity contribution in [3.8, 4) is 0 Å². The Hall–Kier alpha value is -3.06. The highest BCUT2D eigenvalue weighted by Crippen LogP contribution is 2.20. The normalized spacial score (nSPS) is 10.7. The first kappa shape index (κ1) is 21.6. The van der Waals surface area contributed by atoms with Crippen LogP contribution in [0.2, 0.25) is 0 Å². The molecule has 0 radical (unpaired) electrons.